The summed E-state index contributed by atoms with van der Waals surface area (Å²) in [6, 6.07) is 10.3. The number of fused-ring (bicyclic) bond motifs is 1. The Kier molecular flexibility index (Phi) is 6.75. The molecule has 0 aliphatic carbocycles. The summed E-state index contributed by atoms with van der Waals surface area (Å²) in [6.45, 7) is 8.68. The Hall–Kier alpha value is -3.91. The first-order valence-corrected chi connectivity index (χ1v) is 11.5. The fraction of sp³-hybridized carbons (Fsp3) is 0.296. The number of nitrogens with zero attached hydrogens (tertiary/aromatic N) is 4. The van der Waals surface area contributed by atoms with Crippen LogP contribution in [0.25, 0.3) is 11.4 Å². The summed E-state index contributed by atoms with van der Waals surface area (Å²) in [4.78, 5) is 34.5. The highest BCUT2D eigenvalue weighted by atomic mass is 16.5. The van der Waals surface area contributed by atoms with Crippen molar-refractivity contribution in [2.45, 2.75) is 19.9 Å². The SMILES string of the molecule is C=CCOc1ccc(C2/C(=C(\O)c3nc4c(C)cccn4c3C)C(=O)C(=O)N2CCN(C)C)cc1. The lowest BCUT2D eigenvalue weighted by atomic mass is 9.96. The predicted octanol–water partition coefficient (Wildman–Crippen LogP) is 3.50. The van der Waals surface area contributed by atoms with Crippen LogP contribution in [-0.2, 0) is 9.59 Å². The molecule has 1 aromatic carbocycles. The van der Waals surface area contributed by atoms with Crippen LogP contribution in [-0.4, -0.2) is 69.8 Å². The number of aliphatic hydroxyl groups is 1. The van der Waals surface area contributed by atoms with Gasteiger partial charge >= 0.3 is 0 Å². The van der Waals surface area contributed by atoms with E-state index in [0.717, 1.165) is 5.56 Å². The molecule has 1 atom stereocenters. The average Bonchev–Trinajstić information content (AvgIpc) is 3.31. The number of Topliss-reactive ketones (excluding diaryl/α,β-unsaturated/α-hetero) is 1. The molecule has 1 unspecified atom stereocenters. The van der Waals surface area contributed by atoms with E-state index in [1.54, 1.807) is 18.2 Å². The van der Waals surface area contributed by atoms with Crippen LogP contribution in [0.1, 0.15) is 28.6 Å². The Balaban J connectivity index is 1.86. The number of hydrogen-bond donors (Lipinski definition) is 1. The Bertz CT molecular complexity index is 1320. The molecule has 1 aliphatic rings. The van der Waals surface area contributed by atoms with E-state index in [0.29, 0.717) is 48.0 Å². The highest BCUT2D eigenvalue weighted by molar-refractivity contribution is 6.46. The average molecular weight is 475 g/mol. The number of imidazole rings is 1. The molecule has 1 aliphatic heterocycles. The van der Waals surface area contributed by atoms with Crippen molar-refractivity contribution in [3.8, 4) is 5.75 Å². The molecule has 8 nitrogen and oxygen atoms in total. The van der Waals surface area contributed by atoms with Gasteiger partial charge in [-0.1, -0.05) is 30.9 Å². The lowest BCUT2D eigenvalue weighted by Gasteiger charge is -2.26. The van der Waals surface area contributed by atoms with E-state index >= 15 is 0 Å². The molecule has 1 fully saturated rings. The minimum atomic E-state index is -0.742. The number of aliphatic hydroxyl groups excluding tert-OH is 1. The molecule has 4 rings (SSSR count). The number of likely N-dealkylation sites (tertiary alicyclic amines) is 1. The summed E-state index contributed by atoms with van der Waals surface area (Å²) < 4.78 is 7.45. The topological polar surface area (TPSA) is 87.4 Å². The zero-order valence-corrected chi connectivity index (χ0v) is 20.5. The van der Waals surface area contributed by atoms with Crippen molar-refractivity contribution < 1.29 is 19.4 Å². The zero-order valence-electron chi connectivity index (χ0n) is 20.5. The molecule has 3 aromatic rings. The van der Waals surface area contributed by atoms with Crippen LogP contribution >= 0.6 is 0 Å². The van der Waals surface area contributed by atoms with Gasteiger partial charge in [0, 0.05) is 19.3 Å². The summed E-state index contributed by atoms with van der Waals surface area (Å²) in [5.74, 6) is -0.978. The third-order valence-corrected chi connectivity index (χ3v) is 6.20. The van der Waals surface area contributed by atoms with Gasteiger partial charge in [0.15, 0.2) is 5.76 Å². The quantitative estimate of drug-likeness (QED) is 0.233. The fourth-order valence-corrected chi connectivity index (χ4v) is 4.34. The van der Waals surface area contributed by atoms with Gasteiger partial charge in [0.25, 0.3) is 11.7 Å². The van der Waals surface area contributed by atoms with E-state index in [9.17, 15) is 14.7 Å². The molecule has 8 heteroatoms. The summed E-state index contributed by atoms with van der Waals surface area (Å²) in [7, 11) is 3.80. The van der Waals surface area contributed by atoms with Crippen molar-refractivity contribution in [3.63, 3.8) is 0 Å². The molecule has 2 aromatic heterocycles. The largest absolute Gasteiger partial charge is 0.505 e. The van der Waals surface area contributed by atoms with Crippen LogP contribution in [0.4, 0.5) is 0 Å². The Morgan fingerprint density at radius 2 is 1.91 bits per heavy atom. The highest BCUT2D eigenvalue weighted by Gasteiger charge is 2.46. The van der Waals surface area contributed by atoms with Gasteiger partial charge in [0.05, 0.1) is 17.3 Å². The van der Waals surface area contributed by atoms with Gasteiger partial charge in [-0.05, 0) is 57.3 Å². The molecule has 1 amide bonds. The second-order valence-electron chi connectivity index (χ2n) is 8.90. The van der Waals surface area contributed by atoms with Gasteiger partial charge < -0.3 is 24.0 Å². The van der Waals surface area contributed by atoms with Crippen LogP contribution < -0.4 is 4.74 Å². The lowest BCUT2D eigenvalue weighted by molar-refractivity contribution is -0.140. The van der Waals surface area contributed by atoms with E-state index in [1.165, 1.54) is 4.90 Å². The first-order valence-electron chi connectivity index (χ1n) is 11.5. The summed E-state index contributed by atoms with van der Waals surface area (Å²) in [6.07, 6.45) is 3.51. The second kappa shape index (κ2) is 9.76. The number of amides is 1. The molecule has 182 valence electrons. The third-order valence-electron chi connectivity index (χ3n) is 6.20. The molecular formula is C27H30N4O4. The number of likely N-dealkylation sites (N-methyl/N-ethyl adjacent to an activating group) is 1. The minimum Gasteiger partial charge on any atom is -0.505 e. The number of carbonyl (C=O) groups excluding carboxylic acids is 2. The first kappa shape index (κ1) is 24.2. The first-order chi connectivity index (χ1) is 16.7. The molecular weight excluding hydrogens is 444 g/mol. The number of aryl methyl sites for hydroxylation is 2. The summed E-state index contributed by atoms with van der Waals surface area (Å²) >= 11 is 0. The number of aromatic nitrogens is 2. The Labute approximate surface area is 204 Å². The third kappa shape index (κ3) is 4.44. The van der Waals surface area contributed by atoms with Crippen molar-refractivity contribution in [1.82, 2.24) is 19.2 Å². The van der Waals surface area contributed by atoms with Gasteiger partial charge in [0.2, 0.25) is 0 Å². The summed E-state index contributed by atoms with van der Waals surface area (Å²) in [5.41, 5.74) is 3.35. The number of pyridine rings is 1. The lowest BCUT2D eigenvalue weighted by Crippen LogP contribution is -2.35. The molecule has 0 spiro atoms. The van der Waals surface area contributed by atoms with E-state index in [2.05, 4.69) is 11.6 Å². The van der Waals surface area contributed by atoms with E-state index in [-0.39, 0.29) is 11.3 Å². The summed E-state index contributed by atoms with van der Waals surface area (Å²) in [5, 5.41) is 11.4. The number of carbonyl (C=O) groups is 2. The van der Waals surface area contributed by atoms with Crippen molar-refractivity contribution in [1.29, 1.82) is 0 Å². The van der Waals surface area contributed by atoms with Crippen LogP contribution in [0.15, 0.2) is 60.8 Å². The maximum absolute atomic E-state index is 13.3. The minimum absolute atomic E-state index is 0.0395. The Morgan fingerprint density at radius 3 is 2.54 bits per heavy atom. The van der Waals surface area contributed by atoms with Crippen LogP contribution in [0.2, 0.25) is 0 Å². The van der Waals surface area contributed by atoms with Gasteiger partial charge in [-0.3, -0.25) is 9.59 Å². The number of rotatable bonds is 8. The normalized spacial score (nSPS) is 17.5. The van der Waals surface area contributed by atoms with E-state index < -0.39 is 17.7 Å². The molecule has 0 bridgehead atoms. The molecule has 0 saturated carbocycles. The Morgan fingerprint density at radius 1 is 1.20 bits per heavy atom. The molecule has 0 radical (unpaired) electrons. The van der Waals surface area contributed by atoms with E-state index in [1.807, 2.05) is 67.7 Å². The van der Waals surface area contributed by atoms with Crippen molar-refractivity contribution in [3.05, 3.63) is 83.3 Å². The van der Waals surface area contributed by atoms with E-state index in [4.69, 9.17) is 4.74 Å². The monoisotopic (exact) mass is 474 g/mol. The maximum Gasteiger partial charge on any atom is 0.295 e. The molecule has 35 heavy (non-hydrogen) atoms. The standard InChI is InChI=1S/C27H30N4O4/c1-6-16-35-20-11-9-19(10-12-20)23-21(25(33)27(34)31(23)15-14-29(4)5)24(32)22-18(3)30-13-7-8-17(2)26(30)28-22/h6-13,23,32H,1,14-16H2,2-5H3/b24-21+. The van der Waals surface area contributed by atoms with Gasteiger partial charge in [-0.15, -0.1) is 0 Å². The van der Waals surface area contributed by atoms with Crippen LogP contribution in [0.5, 0.6) is 5.75 Å². The number of ketones is 1. The smallest absolute Gasteiger partial charge is 0.295 e. The molecule has 1 N–H and O–H groups in total. The molecule has 1 saturated heterocycles. The van der Waals surface area contributed by atoms with Crippen molar-refractivity contribution in [2.75, 3.05) is 33.8 Å². The zero-order chi connectivity index (χ0) is 25.3. The highest BCUT2D eigenvalue weighted by Crippen LogP contribution is 2.40. The van der Waals surface area contributed by atoms with Crippen molar-refractivity contribution >= 4 is 23.1 Å². The molecule has 3 heterocycles. The van der Waals surface area contributed by atoms with Crippen molar-refractivity contribution in [2.24, 2.45) is 0 Å². The predicted molar refractivity (Wildman–Crippen MR) is 134 cm³/mol. The van der Waals surface area contributed by atoms with Gasteiger partial charge in [-0.25, -0.2) is 4.98 Å². The van der Waals surface area contributed by atoms with Gasteiger partial charge in [-0.2, -0.15) is 0 Å². The van der Waals surface area contributed by atoms with Crippen LogP contribution in [0.3, 0.4) is 0 Å². The fourth-order valence-electron chi connectivity index (χ4n) is 4.34. The van der Waals surface area contributed by atoms with Gasteiger partial charge in [0.1, 0.15) is 23.7 Å². The number of hydrogen-bond acceptors (Lipinski definition) is 6. The number of benzene rings is 1. The second-order valence-corrected chi connectivity index (χ2v) is 8.90. The maximum atomic E-state index is 13.3. The van der Waals surface area contributed by atoms with Crippen LogP contribution in [0, 0.1) is 13.8 Å². The number of ether oxygens (including phenoxy) is 1.